The van der Waals surface area contributed by atoms with Gasteiger partial charge in [0, 0.05) is 24.0 Å². The van der Waals surface area contributed by atoms with Crippen molar-refractivity contribution in [1.82, 2.24) is 4.98 Å². The van der Waals surface area contributed by atoms with E-state index in [4.69, 9.17) is 5.11 Å². The number of carboxylic acid groups (broad SMARTS) is 1. The van der Waals surface area contributed by atoms with Gasteiger partial charge in [0.05, 0.1) is 5.56 Å². The number of rotatable bonds is 3. The van der Waals surface area contributed by atoms with Crippen LogP contribution in [0.15, 0.2) is 48.8 Å². The Bertz CT molecular complexity index is 676. The summed E-state index contributed by atoms with van der Waals surface area (Å²) >= 11 is 0. The zero-order chi connectivity index (χ0) is 15.5. The summed E-state index contributed by atoms with van der Waals surface area (Å²) in [4.78, 5) is 14.4. The predicted octanol–water partition coefficient (Wildman–Crippen LogP) is 3.87. The summed E-state index contributed by atoms with van der Waals surface area (Å²) in [5.74, 6) is -1.09. The Morgan fingerprint density at radius 3 is 2.33 bits per heavy atom. The zero-order valence-corrected chi connectivity index (χ0v) is 10.6. The van der Waals surface area contributed by atoms with Gasteiger partial charge >= 0.3 is 12.1 Å². The maximum Gasteiger partial charge on any atom is 0.416 e. The van der Waals surface area contributed by atoms with Crippen LogP contribution >= 0.6 is 0 Å². The number of benzene rings is 1. The number of carboxylic acids is 1. The van der Waals surface area contributed by atoms with Gasteiger partial charge in [0.15, 0.2) is 0 Å². The summed E-state index contributed by atoms with van der Waals surface area (Å²) in [6.07, 6.45) is 0.924. The molecule has 1 N–H and O–H groups in total. The van der Waals surface area contributed by atoms with Gasteiger partial charge in [-0.25, -0.2) is 4.79 Å². The zero-order valence-electron chi connectivity index (χ0n) is 10.6. The first-order valence-corrected chi connectivity index (χ1v) is 5.90. The lowest BCUT2D eigenvalue weighted by Gasteiger charge is -2.08. The quantitative estimate of drug-likeness (QED) is 0.874. The average Bonchev–Trinajstić information content (AvgIpc) is 2.45. The average molecular weight is 293 g/mol. The molecule has 2 aromatic rings. The van der Waals surface area contributed by atoms with Crippen LogP contribution in [0.4, 0.5) is 13.2 Å². The van der Waals surface area contributed by atoms with Crippen molar-refractivity contribution in [2.24, 2.45) is 0 Å². The second-order valence-electron chi connectivity index (χ2n) is 4.25. The van der Waals surface area contributed by atoms with Crippen LogP contribution in [-0.4, -0.2) is 16.1 Å². The molecule has 21 heavy (non-hydrogen) atoms. The van der Waals surface area contributed by atoms with E-state index in [1.54, 1.807) is 6.07 Å². The number of hydrogen-bond donors (Lipinski definition) is 1. The molecule has 0 atom stereocenters. The lowest BCUT2D eigenvalue weighted by atomic mass is 10.0. The Morgan fingerprint density at radius 1 is 1.10 bits per heavy atom. The van der Waals surface area contributed by atoms with Crippen LogP contribution in [0.1, 0.15) is 11.1 Å². The summed E-state index contributed by atoms with van der Waals surface area (Å²) in [6.45, 7) is 0. The van der Waals surface area contributed by atoms with Gasteiger partial charge in [-0.3, -0.25) is 4.98 Å². The highest BCUT2D eigenvalue weighted by Gasteiger charge is 2.29. The van der Waals surface area contributed by atoms with Crippen molar-refractivity contribution in [1.29, 1.82) is 0 Å². The van der Waals surface area contributed by atoms with Crippen molar-refractivity contribution in [3.05, 3.63) is 59.9 Å². The van der Waals surface area contributed by atoms with Crippen LogP contribution in [0.25, 0.3) is 17.2 Å². The standard InChI is InChI=1S/C15H10F3NO2/c16-15(17,18)13-4-2-11(3-5-13)12-7-10(8-19-9-12)1-6-14(20)21/h1-9H,(H,20,21)/b6-1+. The lowest BCUT2D eigenvalue weighted by molar-refractivity contribution is -0.137. The molecule has 0 spiro atoms. The van der Waals surface area contributed by atoms with Crippen molar-refractivity contribution in [2.75, 3.05) is 0 Å². The Balaban J connectivity index is 2.30. The first-order chi connectivity index (χ1) is 9.86. The number of halogens is 3. The second kappa shape index (κ2) is 5.78. The van der Waals surface area contributed by atoms with Gasteiger partial charge in [-0.1, -0.05) is 12.1 Å². The van der Waals surface area contributed by atoms with Crippen LogP contribution in [-0.2, 0) is 11.0 Å². The SMILES string of the molecule is O=C(O)/C=C/c1cncc(-c2ccc(C(F)(F)F)cc2)c1. The number of pyridine rings is 1. The number of aliphatic carboxylic acids is 1. The van der Waals surface area contributed by atoms with Gasteiger partial charge in [0.25, 0.3) is 0 Å². The maximum absolute atomic E-state index is 12.5. The smallest absolute Gasteiger partial charge is 0.416 e. The molecule has 1 aromatic heterocycles. The molecule has 1 heterocycles. The van der Waals surface area contributed by atoms with E-state index in [9.17, 15) is 18.0 Å². The molecule has 1 aromatic carbocycles. The Hall–Kier alpha value is -2.63. The van der Waals surface area contributed by atoms with Crippen LogP contribution < -0.4 is 0 Å². The third-order valence-electron chi connectivity index (χ3n) is 2.72. The maximum atomic E-state index is 12.5. The summed E-state index contributed by atoms with van der Waals surface area (Å²) in [5, 5.41) is 8.55. The third-order valence-corrected chi connectivity index (χ3v) is 2.72. The van der Waals surface area contributed by atoms with Gasteiger partial charge in [-0.05, 0) is 35.4 Å². The Labute approximate surface area is 118 Å². The Kier molecular flexibility index (Phi) is 4.07. The second-order valence-corrected chi connectivity index (χ2v) is 4.25. The van der Waals surface area contributed by atoms with Crippen molar-refractivity contribution < 1.29 is 23.1 Å². The van der Waals surface area contributed by atoms with Gasteiger partial charge in [-0.15, -0.1) is 0 Å². The molecule has 2 rings (SSSR count). The van der Waals surface area contributed by atoms with Gasteiger partial charge in [0.2, 0.25) is 0 Å². The highest BCUT2D eigenvalue weighted by Crippen LogP contribution is 2.30. The summed E-state index contributed by atoms with van der Waals surface area (Å²) < 4.78 is 37.5. The molecule has 0 aliphatic carbocycles. The van der Waals surface area contributed by atoms with E-state index in [-0.39, 0.29) is 0 Å². The van der Waals surface area contributed by atoms with E-state index in [1.807, 2.05) is 0 Å². The fraction of sp³-hybridized carbons (Fsp3) is 0.0667. The van der Waals surface area contributed by atoms with Crippen LogP contribution in [0.2, 0.25) is 0 Å². The van der Waals surface area contributed by atoms with E-state index >= 15 is 0 Å². The molecule has 3 nitrogen and oxygen atoms in total. The molecule has 0 radical (unpaired) electrons. The minimum Gasteiger partial charge on any atom is -0.478 e. The van der Waals surface area contributed by atoms with E-state index in [0.29, 0.717) is 16.7 Å². The number of alkyl halides is 3. The molecule has 0 unspecified atom stereocenters. The molecule has 0 fully saturated rings. The van der Waals surface area contributed by atoms with E-state index < -0.39 is 17.7 Å². The minimum atomic E-state index is -4.37. The molecule has 0 bridgehead atoms. The van der Waals surface area contributed by atoms with Gasteiger partial charge < -0.3 is 5.11 Å². The first-order valence-electron chi connectivity index (χ1n) is 5.90. The van der Waals surface area contributed by atoms with E-state index in [0.717, 1.165) is 18.2 Å². The van der Waals surface area contributed by atoms with Gasteiger partial charge in [-0.2, -0.15) is 13.2 Å². The lowest BCUT2D eigenvalue weighted by Crippen LogP contribution is -2.03. The van der Waals surface area contributed by atoms with Crippen LogP contribution in [0, 0.1) is 0 Å². The minimum absolute atomic E-state index is 0.551. The van der Waals surface area contributed by atoms with Crippen LogP contribution in [0.3, 0.4) is 0 Å². The largest absolute Gasteiger partial charge is 0.478 e. The predicted molar refractivity (Wildman–Crippen MR) is 71.3 cm³/mol. The number of hydrogen-bond acceptors (Lipinski definition) is 2. The number of aromatic nitrogens is 1. The van der Waals surface area contributed by atoms with Crippen molar-refractivity contribution in [3.8, 4) is 11.1 Å². The van der Waals surface area contributed by atoms with Crippen molar-refractivity contribution in [2.45, 2.75) is 6.18 Å². The topological polar surface area (TPSA) is 50.2 Å². The van der Waals surface area contributed by atoms with E-state index in [1.165, 1.54) is 30.6 Å². The molecular formula is C15H10F3NO2. The molecule has 0 amide bonds. The molecule has 0 aliphatic heterocycles. The highest BCUT2D eigenvalue weighted by atomic mass is 19.4. The molecule has 0 saturated carbocycles. The normalized spacial score (nSPS) is 11.8. The number of carbonyl (C=O) groups is 1. The third kappa shape index (κ3) is 3.92. The van der Waals surface area contributed by atoms with E-state index in [2.05, 4.69) is 4.98 Å². The molecular weight excluding hydrogens is 283 g/mol. The molecule has 0 aliphatic rings. The molecule has 0 saturated heterocycles. The molecule has 108 valence electrons. The first kappa shape index (κ1) is 14.8. The Morgan fingerprint density at radius 2 is 1.76 bits per heavy atom. The summed E-state index contributed by atoms with van der Waals surface area (Å²) in [7, 11) is 0. The fourth-order valence-corrected chi connectivity index (χ4v) is 1.73. The van der Waals surface area contributed by atoms with Crippen molar-refractivity contribution in [3.63, 3.8) is 0 Å². The summed E-state index contributed by atoms with van der Waals surface area (Å²) in [5.41, 5.74) is 1.01. The fourth-order valence-electron chi connectivity index (χ4n) is 1.73. The molecule has 6 heteroatoms. The highest BCUT2D eigenvalue weighted by molar-refractivity contribution is 5.85. The summed E-state index contributed by atoms with van der Waals surface area (Å²) in [6, 6.07) is 6.34. The van der Waals surface area contributed by atoms with Gasteiger partial charge in [0.1, 0.15) is 0 Å². The van der Waals surface area contributed by atoms with Crippen LogP contribution in [0.5, 0.6) is 0 Å². The monoisotopic (exact) mass is 293 g/mol. The number of nitrogens with zero attached hydrogens (tertiary/aromatic N) is 1. The van der Waals surface area contributed by atoms with Crippen molar-refractivity contribution >= 4 is 12.0 Å².